The zero-order valence-electron chi connectivity index (χ0n) is 15.9. The lowest BCUT2D eigenvalue weighted by Gasteiger charge is -2.29. The van der Waals surface area contributed by atoms with Gasteiger partial charge in [0.1, 0.15) is 5.69 Å². The van der Waals surface area contributed by atoms with E-state index in [0.717, 1.165) is 40.7 Å². The second-order valence-corrected chi connectivity index (χ2v) is 7.29. The fourth-order valence-electron chi connectivity index (χ4n) is 4.16. The molecule has 0 saturated carbocycles. The number of aryl methyl sites for hydroxylation is 1. The van der Waals surface area contributed by atoms with Gasteiger partial charge in [0.15, 0.2) is 0 Å². The molecule has 5 rings (SSSR count). The third-order valence-corrected chi connectivity index (χ3v) is 5.53. The van der Waals surface area contributed by atoms with Crippen molar-refractivity contribution in [2.75, 3.05) is 11.4 Å². The van der Waals surface area contributed by atoms with Gasteiger partial charge >= 0.3 is 5.91 Å². The molecule has 0 aliphatic carbocycles. The van der Waals surface area contributed by atoms with Crippen LogP contribution in [-0.4, -0.2) is 22.6 Å². The summed E-state index contributed by atoms with van der Waals surface area (Å²) in [5.74, 6) is -0.954. The van der Waals surface area contributed by atoms with Gasteiger partial charge < -0.3 is 9.30 Å². The van der Waals surface area contributed by atoms with E-state index in [-0.39, 0.29) is 0 Å². The SMILES string of the molecule is O=C(C(=O)N1CCCc2ccccc21)c1c(-c2ccccc2)cc2ccccn12. The molecule has 0 radical (unpaired) electrons. The first kappa shape index (κ1) is 17.4. The lowest BCUT2D eigenvalue weighted by molar-refractivity contribution is -0.114. The highest BCUT2D eigenvalue weighted by Crippen LogP contribution is 2.31. The maximum absolute atomic E-state index is 13.5. The molecule has 2 aromatic heterocycles. The van der Waals surface area contributed by atoms with Crippen LogP contribution in [-0.2, 0) is 11.2 Å². The van der Waals surface area contributed by atoms with E-state index in [1.165, 1.54) is 0 Å². The molecule has 2 aromatic carbocycles. The van der Waals surface area contributed by atoms with Crippen LogP contribution in [0.15, 0.2) is 85.1 Å². The molecule has 4 nitrogen and oxygen atoms in total. The Morgan fingerprint density at radius 1 is 0.828 bits per heavy atom. The van der Waals surface area contributed by atoms with Crippen LogP contribution in [0.5, 0.6) is 0 Å². The molecular formula is C25H20N2O2. The van der Waals surface area contributed by atoms with E-state index in [1.807, 2.05) is 89.5 Å². The highest BCUT2D eigenvalue weighted by atomic mass is 16.2. The number of fused-ring (bicyclic) bond motifs is 2. The Morgan fingerprint density at radius 2 is 1.59 bits per heavy atom. The molecule has 4 aromatic rings. The number of amides is 1. The first-order valence-corrected chi connectivity index (χ1v) is 9.83. The number of pyridine rings is 1. The Hall–Kier alpha value is -3.66. The lowest BCUT2D eigenvalue weighted by atomic mass is 10.00. The third kappa shape index (κ3) is 2.93. The number of hydrogen-bond acceptors (Lipinski definition) is 2. The van der Waals surface area contributed by atoms with Crippen molar-refractivity contribution in [3.8, 4) is 11.1 Å². The Labute approximate surface area is 169 Å². The maximum Gasteiger partial charge on any atom is 0.301 e. The van der Waals surface area contributed by atoms with E-state index in [9.17, 15) is 9.59 Å². The van der Waals surface area contributed by atoms with E-state index in [4.69, 9.17) is 0 Å². The maximum atomic E-state index is 13.5. The number of anilines is 1. The number of hydrogen-bond donors (Lipinski definition) is 0. The number of rotatable bonds is 3. The second-order valence-electron chi connectivity index (χ2n) is 7.29. The number of aromatic nitrogens is 1. The number of carbonyl (C=O) groups excluding carboxylic acids is 2. The zero-order chi connectivity index (χ0) is 19.8. The van der Waals surface area contributed by atoms with Crippen LogP contribution in [0.2, 0.25) is 0 Å². The van der Waals surface area contributed by atoms with Gasteiger partial charge in [0.25, 0.3) is 5.78 Å². The normalized spacial score (nSPS) is 13.3. The second kappa shape index (κ2) is 7.06. The molecule has 4 heteroatoms. The average Bonchev–Trinajstić information content (AvgIpc) is 3.18. The van der Waals surface area contributed by atoms with Crippen molar-refractivity contribution in [1.82, 2.24) is 4.40 Å². The summed E-state index contributed by atoms with van der Waals surface area (Å²) >= 11 is 0. The highest BCUT2D eigenvalue weighted by molar-refractivity contribution is 6.48. The van der Waals surface area contributed by atoms with E-state index in [0.29, 0.717) is 12.2 Å². The van der Waals surface area contributed by atoms with E-state index < -0.39 is 11.7 Å². The molecule has 0 fully saturated rings. The Balaban J connectivity index is 1.63. The molecule has 0 bridgehead atoms. The monoisotopic (exact) mass is 380 g/mol. The predicted octanol–water partition coefficient (Wildman–Crippen LogP) is 4.77. The molecule has 0 spiro atoms. The van der Waals surface area contributed by atoms with Crippen molar-refractivity contribution in [2.24, 2.45) is 0 Å². The van der Waals surface area contributed by atoms with Crippen LogP contribution in [0.25, 0.3) is 16.6 Å². The number of nitrogens with zero attached hydrogens (tertiary/aromatic N) is 2. The van der Waals surface area contributed by atoms with Crippen molar-refractivity contribution in [3.05, 3.63) is 96.3 Å². The molecular weight excluding hydrogens is 360 g/mol. The molecule has 0 saturated heterocycles. The molecule has 3 heterocycles. The average molecular weight is 380 g/mol. The minimum atomic E-state index is -0.480. The van der Waals surface area contributed by atoms with Crippen LogP contribution < -0.4 is 4.90 Å². The fourth-order valence-corrected chi connectivity index (χ4v) is 4.16. The Morgan fingerprint density at radius 3 is 2.45 bits per heavy atom. The zero-order valence-corrected chi connectivity index (χ0v) is 15.9. The van der Waals surface area contributed by atoms with Gasteiger partial charge in [-0.25, -0.2) is 0 Å². The summed E-state index contributed by atoms with van der Waals surface area (Å²) in [6.45, 7) is 0.561. The summed E-state index contributed by atoms with van der Waals surface area (Å²) < 4.78 is 1.82. The quantitative estimate of drug-likeness (QED) is 0.380. The minimum Gasteiger partial charge on any atom is -0.313 e. The number of Topliss-reactive ketones (excluding diaryl/α,β-unsaturated/α-hetero) is 1. The summed E-state index contributed by atoms with van der Waals surface area (Å²) in [6.07, 6.45) is 3.63. The standard InChI is InChI=1S/C25H20N2O2/c28-24(25(29)27-16-8-12-19-11-4-5-14-22(19)27)23-21(18-9-2-1-3-10-18)17-20-13-6-7-15-26(20)23/h1-7,9-11,13-15,17H,8,12,16H2. The highest BCUT2D eigenvalue weighted by Gasteiger charge is 2.31. The van der Waals surface area contributed by atoms with Crippen molar-refractivity contribution in [1.29, 1.82) is 0 Å². The van der Waals surface area contributed by atoms with Crippen molar-refractivity contribution < 1.29 is 9.59 Å². The minimum absolute atomic E-state index is 0.417. The molecule has 0 atom stereocenters. The van der Waals surface area contributed by atoms with Gasteiger partial charge in [0.2, 0.25) is 0 Å². The van der Waals surface area contributed by atoms with Crippen LogP contribution >= 0.6 is 0 Å². The van der Waals surface area contributed by atoms with E-state index >= 15 is 0 Å². The Kier molecular flexibility index (Phi) is 4.24. The van der Waals surface area contributed by atoms with Crippen molar-refractivity contribution in [2.45, 2.75) is 12.8 Å². The first-order valence-electron chi connectivity index (χ1n) is 9.83. The van der Waals surface area contributed by atoms with Crippen LogP contribution in [0.4, 0.5) is 5.69 Å². The Bertz CT molecular complexity index is 1220. The molecule has 1 amide bonds. The summed E-state index contributed by atoms with van der Waals surface area (Å²) in [5, 5.41) is 0. The van der Waals surface area contributed by atoms with Crippen LogP contribution in [0, 0.1) is 0 Å². The summed E-state index contributed by atoms with van der Waals surface area (Å²) in [7, 11) is 0. The van der Waals surface area contributed by atoms with Gasteiger partial charge in [-0.3, -0.25) is 9.59 Å². The van der Waals surface area contributed by atoms with Gasteiger partial charge in [-0.2, -0.15) is 0 Å². The van der Waals surface area contributed by atoms with Gasteiger partial charge in [0, 0.05) is 29.5 Å². The largest absolute Gasteiger partial charge is 0.313 e. The van der Waals surface area contributed by atoms with Crippen LogP contribution in [0.1, 0.15) is 22.5 Å². The van der Waals surface area contributed by atoms with Crippen molar-refractivity contribution in [3.63, 3.8) is 0 Å². The summed E-state index contributed by atoms with van der Waals surface area (Å²) in [5.41, 5.74) is 4.97. The van der Waals surface area contributed by atoms with Crippen molar-refractivity contribution >= 4 is 22.9 Å². The summed E-state index contributed by atoms with van der Waals surface area (Å²) in [4.78, 5) is 28.5. The molecule has 1 aliphatic heterocycles. The van der Waals surface area contributed by atoms with Gasteiger partial charge in [-0.15, -0.1) is 0 Å². The first-order chi connectivity index (χ1) is 14.2. The van der Waals surface area contributed by atoms with Gasteiger partial charge in [-0.05, 0) is 48.2 Å². The van der Waals surface area contributed by atoms with Gasteiger partial charge in [0.05, 0.1) is 0 Å². The molecule has 1 aliphatic rings. The van der Waals surface area contributed by atoms with Gasteiger partial charge in [-0.1, -0.05) is 54.6 Å². The summed E-state index contributed by atoms with van der Waals surface area (Å²) in [6, 6.07) is 25.3. The molecule has 0 unspecified atom stereocenters. The lowest BCUT2D eigenvalue weighted by Crippen LogP contribution is -2.40. The smallest absolute Gasteiger partial charge is 0.301 e. The third-order valence-electron chi connectivity index (χ3n) is 5.53. The number of carbonyl (C=O) groups is 2. The van der Waals surface area contributed by atoms with E-state index in [1.54, 1.807) is 4.90 Å². The molecule has 0 N–H and O–H groups in total. The van der Waals surface area contributed by atoms with E-state index in [2.05, 4.69) is 0 Å². The predicted molar refractivity (Wildman–Crippen MR) is 114 cm³/mol. The number of benzene rings is 2. The molecule has 142 valence electrons. The number of ketones is 1. The fraction of sp³-hybridized carbons (Fsp3) is 0.120. The topological polar surface area (TPSA) is 41.8 Å². The van der Waals surface area contributed by atoms with Crippen LogP contribution in [0.3, 0.4) is 0 Å². The molecule has 29 heavy (non-hydrogen) atoms. The number of para-hydroxylation sites is 1.